The van der Waals surface area contributed by atoms with Crippen molar-refractivity contribution in [2.45, 2.75) is 0 Å². The van der Waals surface area contributed by atoms with Crippen LogP contribution in [-0.2, 0) is 55.9 Å². The molecular formula is H4CuFeSiTi. The molecule has 0 bridgehead atoms. The normalized spacial score (nSPS) is 0. The Morgan fingerprint density at radius 1 is 1.00 bits per heavy atom. The van der Waals surface area contributed by atoms with Crippen LogP contribution in [0.2, 0.25) is 0 Å². The van der Waals surface area contributed by atoms with Gasteiger partial charge in [0.25, 0.3) is 0 Å². The predicted octanol–water partition coefficient (Wildman–Crippen LogP) is -1.46. The molecule has 4 heavy (non-hydrogen) atoms. The summed E-state index contributed by atoms with van der Waals surface area (Å²) >= 11 is 0. The largest absolute Gasteiger partial charge is 0.0149 e. The van der Waals surface area contributed by atoms with Crippen LogP contribution >= 0.6 is 0 Å². The Labute approximate surface area is 66.3 Å². The van der Waals surface area contributed by atoms with Gasteiger partial charge < -0.3 is 0 Å². The minimum atomic E-state index is 0. The Kier molecular flexibility index (Phi) is 192. The summed E-state index contributed by atoms with van der Waals surface area (Å²) in [5.74, 6) is 0. The second-order valence-electron chi connectivity index (χ2n) is 0. The van der Waals surface area contributed by atoms with Gasteiger partial charge in [-0.15, -0.1) is 0 Å². The van der Waals surface area contributed by atoms with Gasteiger partial charge in [-0.2, -0.15) is 0 Å². The van der Waals surface area contributed by atoms with Gasteiger partial charge in [0, 0.05) is 55.9 Å². The third-order valence-electron chi connectivity index (χ3n) is 0. The van der Waals surface area contributed by atoms with E-state index in [1.807, 2.05) is 0 Å². The van der Waals surface area contributed by atoms with Gasteiger partial charge in [0.1, 0.15) is 0 Å². The summed E-state index contributed by atoms with van der Waals surface area (Å²) in [5.41, 5.74) is 0. The average Bonchev–Trinajstić information content (AvgIpc) is 0. The van der Waals surface area contributed by atoms with E-state index in [9.17, 15) is 0 Å². The molecule has 0 aliphatic rings. The zero-order chi connectivity index (χ0) is 0. The molecule has 0 saturated heterocycles. The first-order valence-electron chi connectivity index (χ1n) is 0. The fourth-order valence-electron chi connectivity index (χ4n) is 0. The molecule has 1 radical (unpaired) electrons. The van der Waals surface area contributed by atoms with E-state index in [2.05, 4.69) is 0 Å². The van der Waals surface area contributed by atoms with E-state index in [0.29, 0.717) is 0 Å². The second-order valence-corrected chi connectivity index (χ2v) is 0. The van der Waals surface area contributed by atoms with Crippen LogP contribution in [0.15, 0.2) is 0 Å². The Morgan fingerprint density at radius 2 is 1.00 bits per heavy atom. The predicted molar refractivity (Wildman–Crippen MR) is 11.3 cm³/mol. The molecule has 0 fully saturated rings. The summed E-state index contributed by atoms with van der Waals surface area (Å²) < 4.78 is 0. The van der Waals surface area contributed by atoms with Crippen LogP contribution in [0.3, 0.4) is 0 Å². The van der Waals surface area contributed by atoms with E-state index in [-0.39, 0.29) is 66.8 Å². The quantitative estimate of drug-likeness (QED) is 0.418. The zero-order valence-electron chi connectivity index (χ0n) is 1.16. The van der Waals surface area contributed by atoms with Crippen molar-refractivity contribution < 1.29 is 55.9 Å². The van der Waals surface area contributed by atoms with Gasteiger partial charge in [0.15, 0.2) is 0 Å². The van der Waals surface area contributed by atoms with Gasteiger partial charge in [-0.1, -0.05) is 0 Å². The number of hydrogen-bond donors (Lipinski definition) is 0. The number of hydrogen-bond acceptors (Lipinski definition) is 0. The van der Waals surface area contributed by atoms with Crippen molar-refractivity contribution in [1.82, 2.24) is 0 Å². The smallest absolute Gasteiger partial charge is 0 e. The zero-order valence-corrected chi connectivity index (χ0v) is 4.76. The Bertz CT molecular complexity index is 8.00. The van der Waals surface area contributed by atoms with Crippen molar-refractivity contribution in [1.29, 1.82) is 0 Å². The maximum atomic E-state index is 0. The molecule has 0 spiro atoms. The Hall–Kier alpha value is 1.97. The molecule has 4 heteroatoms. The molecule has 0 aromatic heterocycles. The summed E-state index contributed by atoms with van der Waals surface area (Å²) in [6, 6.07) is 0. The molecule has 31 valence electrons. The van der Waals surface area contributed by atoms with Crippen LogP contribution in [0.1, 0.15) is 0 Å². The van der Waals surface area contributed by atoms with Crippen molar-refractivity contribution in [2.24, 2.45) is 0 Å². The first-order chi connectivity index (χ1) is 0. The van der Waals surface area contributed by atoms with Gasteiger partial charge in [-0.3, -0.25) is 0 Å². The third-order valence-corrected chi connectivity index (χ3v) is 0. The fraction of sp³-hybridized carbons (Fsp3) is 0. The van der Waals surface area contributed by atoms with E-state index < -0.39 is 0 Å². The minimum absolute atomic E-state index is 0. The summed E-state index contributed by atoms with van der Waals surface area (Å²) in [6.45, 7) is 0. The summed E-state index contributed by atoms with van der Waals surface area (Å²) in [4.78, 5) is 0. The Balaban J connectivity index is 0. The van der Waals surface area contributed by atoms with Crippen molar-refractivity contribution in [3.8, 4) is 0 Å². The molecular weight excluding hydrogens is 195 g/mol. The van der Waals surface area contributed by atoms with E-state index >= 15 is 0 Å². The molecule has 0 nitrogen and oxygen atoms in total. The van der Waals surface area contributed by atoms with E-state index in [1.54, 1.807) is 0 Å². The van der Waals surface area contributed by atoms with Crippen LogP contribution in [0.4, 0.5) is 0 Å². The standard InChI is InChI=1S/Cu.Fe.H4Si.Ti/h;;1H4;. The molecule has 0 unspecified atom stereocenters. The maximum Gasteiger partial charge on any atom is 0 e. The second kappa shape index (κ2) is 20.2. The molecule has 0 rings (SSSR count). The third kappa shape index (κ3) is 9.02. The first kappa shape index (κ1) is 38.0. The van der Waals surface area contributed by atoms with Crippen LogP contribution in [0.25, 0.3) is 0 Å². The van der Waals surface area contributed by atoms with Gasteiger partial charge in [0.05, 0.1) is 0 Å². The van der Waals surface area contributed by atoms with Crippen LogP contribution in [0, 0.1) is 0 Å². The monoisotopic (exact) mass is 199 g/mol. The molecule has 0 aromatic rings. The summed E-state index contributed by atoms with van der Waals surface area (Å²) in [7, 11) is 0. The fourth-order valence-corrected chi connectivity index (χ4v) is 0. The van der Waals surface area contributed by atoms with Gasteiger partial charge in [0.2, 0.25) is 0 Å². The van der Waals surface area contributed by atoms with E-state index in [1.165, 1.54) is 0 Å². The van der Waals surface area contributed by atoms with Gasteiger partial charge >= 0.3 is 0 Å². The molecule has 0 N–H and O–H groups in total. The average molecular weight is 199 g/mol. The molecule has 0 aliphatic carbocycles. The minimum Gasteiger partial charge on any atom is -0.0149 e. The summed E-state index contributed by atoms with van der Waals surface area (Å²) in [6.07, 6.45) is 0. The van der Waals surface area contributed by atoms with E-state index in [0.717, 1.165) is 0 Å². The maximum absolute atomic E-state index is 0. The van der Waals surface area contributed by atoms with Crippen molar-refractivity contribution >= 4 is 11.0 Å². The summed E-state index contributed by atoms with van der Waals surface area (Å²) in [5, 5.41) is 0. The van der Waals surface area contributed by atoms with Crippen LogP contribution in [0.5, 0.6) is 0 Å². The van der Waals surface area contributed by atoms with Crippen LogP contribution in [-0.4, -0.2) is 11.0 Å². The van der Waals surface area contributed by atoms with Crippen molar-refractivity contribution in [3.63, 3.8) is 0 Å². The molecule has 0 aromatic carbocycles. The van der Waals surface area contributed by atoms with E-state index in [4.69, 9.17) is 0 Å². The molecule has 0 heterocycles. The Morgan fingerprint density at radius 3 is 1.00 bits per heavy atom. The van der Waals surface area contributed by atoms with Gasteiger partial charge in [-0.25, -0.2) is 0 Å². The number of rotatable bonds is 0. The first-order valence-corrected chi connectivity index (χ1v) is 0. The SMILES string of the molecule is [Cu].[Fe].[SiH4].[Ti]. The van der Waals surface area contributed by atoms with Crippen molar-refractivity contribution in [3.05, 3.63) is 0 Å². The topological polar surface area (TPSA) is 0 Å². The van der Waals surface area contributed by atoms with Gasteiger partial charge in [-0.05, 0) is 11.0 Å². The molecule has 0 amide bonds. The molecule has 0 saturated carbocycles. The molecule has 0 aliphatic heterocycles. The molecule has 0 atom stereocenters. The van der Waals surface area contributed by atoms with Crippen LogP contribution < -0.4 is 0 Å². The van der Waals surface area contributed by atoms with Crippen molar-refractivity contribution in [2.75, 3.05) is 0 Å².